The van der Waals surface area contributed by atoms with Crippen LogP contribution in [-0.2, 0) is 4.79 Å². The first kappa shape index (κ1) is 12.6. The number of imidazole rings is 1. The van der Waals surface area contributed by atoms with Gasteiger partial charge in [0.15, 0.2) is 0 Å². The van der Waals surface area contributed by atoms with Gasteiger partial charge in [-0.3, -0.25) is 4.79 Å². The number of aromatic nitrogens is 2. The molecule has 96 valence electrons. The highest BCUT2D eigenvalue weighted by atomic mass is 16.3. The number of aromatic amines is 1. The van der Waals surface area contributed by atoms with E-state index in [1.807, 2.05) is 25.1 Å². The third-order valence-corrected chi connectivity index (χ3v) is 2.67. The van der Waals surface area contributed by atoms with Crippen molar-refractivity contribution in [2.75, 3.05) is 5.32 Å². The molecule has 5 heteroatoms. The molecule has 18 heavy (non-hydrogen) atoms. The second-order valence-corrected chi connectivity index (χ2v) is 4.49. The molecular weight excluding hydrogens is 230 g/mol. The molecule has 1 aromatic heterocycles. The molecule has 1 unspecified atom stereocenters. The Morgan fingerprint density at radius 3 is 3.06 bits per heavy atom. The zero-order chi connectivity index (χ0) is 13.1. The number of aliphatic hydroxyl groups excluding tert-OH is 1. The normalized spacial score (nSPS) is 12.6. The Labute approximate surface area is 105 Å². The second-order valence-electron chi connectivity index (χ2n) is 4.49. The van der Waals surface area contributed by atoms with Crippen LogP contribution in [-0.4, -0.2) is 27.1 Å². The van der Waals surface area contributed by atoms with Crippen LogP contribution in [0.4, 0.5) is 5.69 Å². The van der Waals surface area contributed by atoms with E-state index in [9.17, 15) is 4.79 Å². The average molecular weight is 247 g/mol. The van der Waals surface area contributed by atoms with Gasteiger partial charge in [-0.1, -0.05) is 0 Å². The maximum Gasteiger partial charge on any atom is 0.224 e. The summed E-state index contributed by atoms with van der Waals surface area (Å²) in [7, 11) is 0. The van der Waals surface area contributed by atoms with Crippen LogP contribution in [0.5, 0.6) is 0 Å². The Hall–Kier alpha value is -1.88. The smallest absolute Gasteiger partial charge is 0.224 e. The second kappa shape index (κ2) is 5.18. The quantitative estimate of drug-likeness (QED) is 0.773. The number of hydrogen-bond donors (Lipinski definition) is 3. The predicted octanol–water partition coefficient (Wildman–Crippen LogP) is 1.97. The molecule has 0 saturated heterocycles. The number of carbonyl (C=O) groups excluding carboxylic acids is 1. The van der Waals surface area contributed by atoms with E-state index in [1.165, 1.54) is 0 Å². The van der Waals surface area contributed by atoms with Crippen molar-refractivity contribution in [3.05, 3.63) is 24.0 Å². The zero-order valence-corrected chi connectivity index (χ0v) is 10.5. The van der Waals surface area contributed by atoms with Crippen molar-refractivity contribution >= 4 is 22.6 Å². The molecule has 0 aliphatic heterocycles. The maximum atomic E-state index is 11.6. The van der Waals surface area contributed by atoms with E-state index >= 15 is 0 Å². The number of aliphatic hydroxyl groups is 1. The molecule has 0 saturated carbocycles. The first-order valence-corrected chi connectivity index (χ1v) is 5.99. The van der Waals surface area contributed by atoms with Crippen molar-refractivity contribution in [2.45, 2.75) is 32.8 Å². The molecule has 3 N–H and O–H groups in total. The monoisotopic (exact) mass is 247 g/mol. The third kappa shape index (κ3) is 3.07. The fraction of sp³-hybridized carbons (Fsp3) is 0.385. The zero-order valence-electron chi connectivity index (χ0n) is 10.5. The van der Waals surface area contributed by atoms with Gasteiger partial charge in [0.1, 0.15) is 5.82 Å². The molecule has 0 radical (unpaired) electrons. The molecule has 0 aliphatic carbocycles. The van der Waals surface area contributed by atoms with Gasteiger partial charge in [0, 0.05) is 12.1 Å². The lowest BCUT2D eigenvalue weighted by Gasteiger charge is -2.06. The Morgan fingerprint density at radius 2 is 2.33 bits per heavy atom. The van der Waals surface area contributed by atoms with Gasteiger partial charge in [0.2, 0.25) is 5.91 Å². The average Bonchev–Trinajstić information content (AvgIpc) is 2.66. The van der Waals surface area contributed by atoms with Gasteiger partial charge in [-0.25, -0.2) is 4.98 Å². The first-order valence-electron chi connectivity index (χ1n) is 5.99. The summed E-state index contributed by atoms with van der Waals surface area (Å²) in [6.07, 6.45) is 0.336. The van der Waals surface area contributed by atoms with E-state index in [2.05, 4.69) is 15.3 Å². The minimum Gasteiger partial charge on any atom is -0.393 e. The predicted molar refractivity (Wildman–Crippen MR) is 70.4 cm³/mol. The molecule has 0 aliphatic rings. The molecule has 1 aromatic carbocycles. The van der Waals surface area contributed by atoms with E-state index in [0.29, 0.717) is 12.8 Å². The van der Waals surface area contributed by atoms with Gasteiger partial charge < -0.3 is 15.4 Å². The minimum atomic E-state index is -0.450. The van der Waals surface area contributed by atoms with Crippen molar-refractivity contribution in [2.24, 2.45) is 0 Å². The molecule has 1 amide bonds. The molecule has 1 heterocycles. The van der Waals surface area contributed by atoms with Crippen molar-refractivity contribution in [1.29, 1.82) is 0 Å². The topological polar surface area (TPSA) is 78.0 Å². The number of carbonyl (C=O) groups is 1. The number of amides is 1. The van der Waals surface area contributed by atoms with Gasteiger partial charge in [-0.05, 0) is 38.5 Å². The Balaban J connectivity index is 2.05. The Kier molecular flexibility index (Phi) is 3.62. The minimum absolute atomic E-state index is 0.0912. The highest BCUT2D eigenvalue weighted by Crippen LogP contribution is 2.17. The SMILES string of the molecule is Cc1nc2ccc(NC(=O)CCC(C)O)cc2[nH]1. The summed E-state index contributed by atoms with van der Waals surface area (Å²) >= 11 is 0. The molecule has 0 spiro atoms. The summed E-state index contributed by atoms with van der Waals surface area (Å²) in [5, 5.41) is 11.9. The summed E-state index contributed by atoms with van der Waals surface area (Å²) in [5.41, 5.74) is 2.53. The summed E-state index contributed by atoms with van der Waals surface area (Å²) in [6.45, 7) is 3.56. The lowest BCUT2D eigenvalue weighted by atomic mass is 10.2. The molecule has 2 aromatic rings. The fourth-order valence-corrected chi connectivity index (χ4v) is 1.78. The van der Waals surface area contributed by atoms with Crippen molar-refractivity contribution < 1.29 is 9.90 Å². The van der Waals surface area contributed by atoms with E-state index in [0.717, 1.165) is 22.5 Å². The maximum absolute atomic E-state index is 11.6. The van der Waals surface area contributed by atoms with Crippen LogP contribution in [0.15, 0.2) is 18.2 Å². The molecule has 0 bridgehead atoms. The number of rotatable bonds is 4. The van der Waals surface area contributed by atoms with Crippen LogP contribution >= 0.6 is 0 Å². The first-order chi connectivity index (χ1) is 8.54. The highest BCUT2D eigenvalue weighted by Gasteiger charge is 2.06. The lowest BCUT2D eigenvalue weighted by molar-refractivity contribution is -0.116. The van der Waals surface area contributed by atoms with Gasteiger partial charge in [0.05, 0.1) is 17.1 Å². The number of nitrogens with one attached hydrogen (secondary N) is 2. The number of aryl methyl sites for hydroxylation is 1. The highest BCUT2D eigenvalue weighted by molar-refractivity contribution is 5.93. The number of hydrogen-bond acceptors (Lipinski definition) is 3. The molecule has 5 nitrogen and oxygen atoms in total. The Morgan fingerprint density at radius 1 is 1.56 bits per heavy atom. The summed E-state index contributed by atoms with van der Waals surface area (Å²) in [4.78, 5) is 19.0. The van der Waals surface area contributed by atoms with Gasteiger partial charge >= 0.3 is 0 Å². The summed E-state index contributed by atoms with van der Waals surface area (Å²) < 4.78 is 0. The molecular formula is C13H17N3O2. The lowest BCUT2D eigenvalue weighted by Crippen LogP contribution is -2.13. The molecule has 0 fully saturated rings. The number of anilines is 1. The van der Waals surface area contributed by atoms with Crippen LogP contribution in [0.1, 0.15) is 25.6 Å². The third-order valence-electron chi connectivity index (χ3n) is 2.67. The number of benzene rings is 1. The standard InChI is InChI=1S/C13H17N3O2/c1-8(17)3-6-13(18)16-10-4-5-11-12(7-10)15-9(2)14-11/h4-5,7-8,17H,3,6H2,1-2H3,(H,14,15)(H,16,18). The van der Waals surface area contributed by atoms with Crippen molar-refractivity contribution in [3.8, 4) is 0 Å². The van der Waals surface area contributed by atoms with Gasteiger partial charge in [-0.2, -0.15) is 0 Å². The number of fused-ring (bicyclic) bond motifs is 1. The van der Waals surface area contributed by atoms with E-state index in [4.69, 9.17) is 5.11 Å². The summed E-state index contributed by atoms with van der Waals surface area (Å²) in [5.74, 6) is 0.758. The number of nitrogens with zero attached hydrogens (tertiary/aromatic N) is 1. The Bertz CT molecular complexity index is 560. The number of H-pyrrole nitrogens is 1. The molecule has 2 rings (SSSR count). The fourth-order valence-electron chi connectivity index (χ4n) is 1.78. The van der Waals surface area contributed by atoms with Crippen LogP contribution in [0.3, 0.4) is 0 Å². The van der Waals surface area contributed by atoms with Gasteiger partial charge in [0.25, 0.3) is 0 Å². The van der Waals surface area contributed by atoms with E-state index in [-0.39, 0.29) is 5.91 Å². The van der Waals surface area contributed by atoms with Gasteiger partial charge in [-0.15, -0.1) is 0 Å². The van der Waals surface area contributed by atoms with Crippen LogP contribution in [0, 0.1) is 6.92 Å². The summed E-state index contributed by atoms with van der Waals surface area (Å²) in [6, 6.07) is 5.54. The molecule has 1 atom stereocenters. The van der Waals surface area contributed by atoms with E-state index < -0.39 is 6.10 Å². The van der Waals surface area contributed by atoms with Crippen molar-refractivity contribution in [3.63, 3.8) is 0 Å². The van der Waals surface area contributed by atoms with Crippen molar-refractivity contribution in [1.82, 2.24) is 9.97 Å². The van der Waals surface area contributed by atoms with Crippen LogP contribution in [0.2, 0.25) is 0 Å². The van der Waals surface area contributed by atoms with E-state index in [1.54, 1.807) is 6.92 Å². The van der Waals surface area contributed by atoms with Crippen LogP contribution < -0.4 is 5.32 Å². The van der Waals surface area contributed by atoms with Crippen LogP contribution in [0.25, 0.3) is 11.0 Å². The largest absolute Gasteiger partial charge is 0.393 e.